The number of phenolic OH excluding ortho intramolecular Hbond substituents is 1. The van der Waals surface area contributed by atoms with Crippen molar-refractivity contribution in [3.05, 3.63) is 84.4 Å². The van der Waals surface area contributed by atoms with Gasteiger partial charge >= 0.3 is 0 Å². The number of aromatic nitrogens is 4. The van der Waals surface area contributed by atoms with Crippen molar-refractivity contribution in [2.24, 2.45) is 0 Å². The van der Waals surface area contributed by atoms with Crippen molar-refractivity contribution in [3.8, 4) is 11.5 Å². The molecule has 1 heterocycles. The Morgan fingerprint density at radius 3 is 2.09 bits per heavy atom. The van der Waals surface area contributed by atoms with Crippen LogP contribution in [0.25, 0.3) is 10.8 Å². The monoisotopic (exact) mass is 780 g/mol. The summed E-state index contributed by atoms with van der Waals surface area (Å²) in [6.07, 6.45) is 15.1. The number of amides is 3. The molecule has 0 radical (unpaired) electrons. The number of ether oxygens (including phenoxy) is 1. The molecule has 13 nitrogen and oxygen atoms in total. The van der Waals surface area contributed by atoms with E-state index in [0.717, 1.165) is 12.8 Å². The van der Waals surface area contributed by atoms with Gasteiger partial charge in [-0.2, -0.15) is 0 Å². The lowest BCUT2D eigenvalue weighted by Gasteiger charge is -2.15. The fourth-order valence-corrected chi connectivity index (χ4v) is 7.14. The number of benzene rings is 4. The van der Waals surface area contributed by atoms with Crippen LogP contribution in [-0.2, 0) is 16.1 Å². The smallest absolute Gasteiger partial charge is 0.259 e. The van der Waals surface area contributed by atoms with Crippen molar-refractivity contribution in [1.82, 2.24) is 25.6 Å². The molecule has 0 aliphatic heterocycles. The summed E-state index contributed by atoms with van der Waals surface area (Å²) in [6.45, 7) is 4.01. The summed E-state index contributed by atoms with van der Waals surface area (Å²) in [5.74, 6) is -0.696. The van der Waals surface area contributed by atoms with Gasteiger partial charge in [0.1, 0.15) is 18.0 Å². The molecule has 1 aromatic heterocycles. The maximum Gasteiger partial charge on any atom is 0.259 e. The molecule has 0 spiro atoms. The Morgan fingerprint density at radius 2 is 1.39 bits per heavy atom. The number of phenols is 1. The second kappa shape index (κ2) is 22.1. The van der Waals surface area contributed by atoms with E-state index in [1.54, 1.807) is 48.5 Å². The largest absolute Gasteiger partial charge is 0.506 e. The Kier molecular flexibility index (Phi) is 16.4. The van der Waals surface area contributed by atoms with E-state index in [1.807, 2.05) is 30.3 Å². The molecular formula is C42H52N8O5S. The normalized spacial score (nSPS) is 11.0. The van der Waals surface area contributed by atoms with Crippen molar-refractivity contribution in [2.75, 3.05) is 22.7 Å². The molecule has 5 aromatic rings. The van der Waals surface area contributed by atoms with Crippen LogP contribution in [0.3, 0.4) is 0 Å². The highest BCUT2D eigenvalue weighted by molar-refractivity contribution is 7.99. The molecule has 296 valence electrons. The molecule has 0 saturated heterocycles. The standard InChI is InChI=1S/C42H52N8O5S/c1-3-4-5-6-7-8-9-10-11-12-13-18-27-55-37-22-17-16-21-36(37)44-41(54)35-28-38(33-19-14-15-20-34(33)40(35)53)56-42-47-48-49-50(42)29-39(52)43-31-23-25-32(26-24-31)46-45-30(2)51/h14-17,19-26,28,46,53H,3-13,18,27,29H2,1-2H3,(H,43,52)(H,44,54)(H,45,51). The quantitative estimate of drug-likeness (QED) is 0.0318. The number of unbranched alkanes of at least 4 members (excludes halogenated alkanes) is 11. The number of hydrazine groups is 1. The van der Waals surface area contributed by atoms with Crippen LogP contribution in [0.15, 0.2) is 88.9 Å². The van der Waals surface area contributed by atoms with Gasteiger partial charge in [-0.05, 0) is 76.5 Å². The Hall–Kier alpha value is -5.63. The average molecular weight is 781 g/mol. The van der Waals surface area contributed by atoms with Crippen LogP contribution in [0.2, 0.25) is 0 Å². The fraction of sp³-hybridized carbons (Fsp3) is 0.381. The van der Waals surface area contributed by atoms with Crippen LogP contribution in [0.4, 0.5) is 17.1 Å². The van der Waals surface area contributed by atoms with E-state index in [-0.39, 0.29) is 29.7 Å². The van der Waals surface area contributed by atoms with Crippen LogP contribution < -0.4 is 26.2 Å². The molecule has 0 saturated carbocycles. The van der Waals surface area contributed by atoms with E-state index in [2.05, 4.69) is 43.9 Å². The lowest BCUT2D eigenvalue weighted by Crippen LogP contribution is -2.26. The van der Waals surface area contributed by atoms with Crippen LogP contribution in [0, 0.1) is 0 Å². The summed E-state index contributed by atoms with van der Waals surface area (Å²) in [5.41, 5.74) is 7.02. The van der Waals surface area contributed by atoms with E-state index in [9.17, 15) is 19.5 Å². The van der Waals surface area contributed by atoms with Gasteiger partial charge in [0.25, 0.3) is 5.91 Å². The van der Waals surface area contributed by atoms with Gasteiger partial charge in [0.05, 0.1) is 23.5 Å². The lowest BCUT2D eigenvalue weighted by molar-refractivity contribution is -0.118. The third-order valence-electron chi connectivity index (χ3n) is 9.16. The van der Waals surface area contributed by atoms with Crippen LogP contribution in [0.5, 0.6) is 11.5 Å². The second-order valence-electron chi connectivity index (χ2n) is 13.7. The summed E-state index contributed by atoms with van der Waals surface area (Å²) in [7, 11) is 0. The summed E-state index contributed by atoms with van der Waals surface area (Å²) in [4.78, 5) is 38.5. The topological polar surface area (TPSA) is 172 Å². The van der Waals surface area contributed by atoms with E-state index in [1.165, 1.54) is 87.6 Å². The van der Waals surface area contributed by atoms with Crippen LogP contribution in [0.1, 0.15) is 101 Å². The molecule has 3 amide bonds. The minimum Gasteiger partial charge on any atom is -0.506 e. The van der Waals surface area contributed by atoms with Crippen molar-refractivity contribution in [3.63, 3.8) is 0 Å². The van der Waals surface area contributed by atoms with Gasteiger partial charge in [-0.15, -0.1) is 5.10 Å². The zero-order valence-electron chi connectivity index (χ0n) is 32.2. The number of hydrogen-bond acceptors (Lipinski definition) is 10. The highest BCUT2D eigenvalue weighted by Gasteiger charge is 2.21. The van der Waals surface area contributed by atoms with Crippen LogP contribution >= 0.6 is 11.8 Å². The molecule has 0 unspecified atom stereocenters. The van der Waals surface area contributed by atoms with Crippen molar-refractivity contribution in [1.29, 1.82) is 0 Å². The molecule has 14 heteroatoms. The van der Waals surface area contributed by atoms with Gasteiger partial charge in [0, 0.05) is 22.9 Å². The van der Waals surface area contributed by atoms with Gasteiger partial charge in [-0.25, -0.2) is 4.68 Å². The van der Waals surface area contributed by atoms with E-state index in [0.29, 0.717) is 50.2 Å². The van der Waals surface area contributed by atoms with E-state index >= 15 is 0 Å². The average Bonchev–Trinajstić information content (AvgIpc) is 3.63. The fourth-order valence-electron chi connectivity index (χ4n) is 6.20. The number of hydrogen-bond donors (Lipinski definition) is 5. The Balaban J connectivity index is 1.17. The summed E-state index contributed by atoms with van der Waals surface area (Å²) in [5, 5.41) is 30.5. The van der Waals surface area contributed by atoms with Gasteiger partial charge in [-0.3, -0.25) is 25.2 Å². The lowest BCUT2D eigenvalue weighted by atomic mass is 10.0. The third-order valence-corrected chi connectivity index (χ3v) is 10.2. The van der Waals surface area contributed by atoms with E-state index in [4.69, 9.17) is 4.74 Å². The maximum atomic E-state index is 13.8. The molecular weight excluding hydrogens is 729 g/mol. The predicted molar refractivity (Wildman–Crippen MR) is 221 cm³/mol. The molecule has 0 aliphatic carbocycles. The first kappa shape index (κ1) is 41.5. The first-order valence-electron chi connectivity index (χ1n) is 19.5. The number of fused-ring (bicyclic) bond motifs is 1. The Morgan fingerprint density at radius 1 is 0.768 bits per heavy atom. The van der Waals surface area contributed by atoms with E-state index < -0.39 is 5.91 Å². The van der Waals surface area contributed by atoms with Gasteiger partial charge in [0.2, 0.25) is 17.0 Å². The number of tetrazole rings is 1. The molecule has 5 N–H and O–H groups in total. The molecule has 0 aliphatic rings. The van der Waals surface area contributed by atoms with Crippen molar-refractivity contribution >= 4 is 57.3 Å². The number of para-hydroxylation sites is 2. The molecule has 0 fully saturated rings. The predicted octanol–water partition coefficient (Wildman–Crippen LogP) is 9.12. The number of nitrogens with zero attached hydrogens (tertiary/aromatic N) is 4. The van der Waals surface area contributed by atoms with Gasteiger partial charge in [-0.1, -0.05) is 114 Å². The number of aromatic hydroxyl groups is 1. The number of carbonyl (C=O) groups excluding carboxylic acids is 3. The number of carbonyl (C=O) groups is 3. The molecule has 4 aromatic carbocycles. The highest BCUT2D eigenvalue weighted by Crippen LogP contribution is 2.39. The minimum atomic E-state index is -0.506. The molecule has 56 heavy (non-hydrogen) atoms. The molecule has 0 bridgehead atoms. The Bertz CT molecular complexity index is 2040. The van der Waals surface area contributed by atoms with Gasteiger partial charge in [0.15, 0.2) is 0 Å². The van der Waals surface area contributed by atoms with Gasteiger partial charge < -0.3 is 20.5 Å². The zero-order chi connectivity index (χ0) is 39.5. The number of nitrogens with one attached hydrogen (secondary N) is 4. The SMILES string of the molecule is CCCCCCCCCCCCCCOc1ccccc1NC(=O)c1cc(Sc2nnnn2CC(=O)Nc2ccc(NNC(C)=O)cc2)c2ccccc2c1O. The second-order valence-corrected chi connectivity index (χ2v) is 14.7. The first-order valence-corrected chi connectivity index (χ1v) is 20.3. The Labute approximate surface area is 332 Å². The third kappa shape index (κ3) is 12.7. The van der Waals surface area contributed by atoms with Crippen LogP contribution in [-0.4, -0.2) is 49.6 Å². The molecule has 5 rings (SSSR count). The molecule has 0 atom stereocenters. The number of rotatable bonds is 23. The highest BCUT2D eigenvalue weighted by atomic mass is 32.2. The maximum absolute atomic E-state index is 13.8. The van der Waals surface area contributed by atoms with Crippen molar-refractivity contribution in [2.45, 2.75) is 107 Å². The summed E-state index contributed by atoms with van der Waals surface area (Å²) >= 11 is 1.17. The van der Waals surface area contributed by atoms with Crippen molar-refractivity contribution < 1.29 is 24.2 Å². The zero-order valence-corrected chi connectivity index (χ0v) is 33.0. The first-order chi connectivity index (χ1) is 27.3. The number of anilines is 3. The summed E-state index contributed by atoms with van der Waals surface area (Å²) in [6, 6.07) is 22.9. The minimum absolute atomic E-state index is 0.0650. The summed E-state index contributed by atoms with van der Waals surface area (Å²) < 4.78 is 7.47.